The molecular formula is C20H19N3O2S. The van der Waals surface area contributed by atoms with Crippen molar-refractivity contribution in [1.29, 1.82) is 0 Å². The molecule has 1 amide bonds. The highest BCUT2D eigenvalue weighted by atomic mass is 32.1. The van der Waals surface area contributed by atoms with E-state index in [1.54, 1.807) is 24.3 Å². The molecule has 0 aliphatic heterocycles. The predicted octanol–water partition coefficient (Wildman–Crippen LogP) is 4.11. The van der Waals surface area contributed by atoms with Gasteiger partial charge in [-0.2, -0.15) is 0 Å². The fraction of sp³-hybridized carbons (Fsp3) is 0.150. The second kappa shape index (κ2) is 7.09. The minimum absolute atomic E-state index is 0.204. The van der Waals surface area contributed by atoms with Gasteiger partial charge < -0.3 is 10.3 Å². The number of carbonyl (C=O) groups is 1. The highest BCUT2D eigenvalue weighted by molar-refractivity contribution is 7.71. The maximum atomic E-state index is 12.6. The van der Waals surface area contributed by atoms with Gasteiger partial charge >= 0.3 is 0 Å². The Hall–Kier alpha value is -2.99. The molecule has 0 saturated carbocycles. The average Bonchev–Trinajstić information content (AvgIpc) is 2.57. The monoisotopic (exact) mass is 365 g/mol. The molecule has 0 atom stereocenters. The molecule has 3 rings (SSSR count). The van der Waals surface area contributed by atoms with Crippen LogP contribution >= 0.6 is 12.2 Å². The van der Waals surface area contributed by atoms with Crippen molar-refractivity contribution in [3.05, 3.63) is 80.9 Å². The molecule has 5 nitrogen and oxygen atoms in total. The highest BCUT2D eigenvalue weighted by Crippen LogP contribution is 2.16. The van der Waals surface area contributed by atoms with Gasteiger partial charge in [0.2, 0.25) is 0 Å². The van der Waals surface area contributed by atoms with E-state index in [2.05, 4.69) is 16.9 Å². The van der Waals surface area contributed by atoms with E-state index in [-0.39, 0.29) is 11.5 Å². The minimum Gasteiger partial charge on any atom is -0.332 e. The summed E-state index contributed by atoms with van der Waals surface area (Å²) in [6.07, 6.45) is 1.61. The number of allylic oxidation sites excluding steroid dienone is 1. The number of fused-ring (bicyclic) bond motifs is 1. The molecule has 2 N–H and O–H groups in total. The van der Waals surface area contributed by atoms with Crippen LogP contribution in [-0.2, 0) is 6.54 Å². The molecule has 0 aliphatic rings. The van der Waals surface area contributed by atoms with Gasteiger partial charge in [0.05, 0.1) is 10.9 Å². The zero-order chi connectivity index (χ0) is 18.8. The van der Waals surface area contributed by atoms with Crippen LogP contribution in [-0.4, -0.2) is 15.5 Å². The molecule has 3 aromatic rings. The molecule has 0 unspecified atom stereocenters. The van der Waals surface area contributed by atoms with Crippen LogP contribution in [0.2, 0.25) is 0 Å². The lowest BCUT2D eigenvalue weighted by molar-refractivity contribution is 0.102. The molecule has 2 aromatic carbocycles. The molecular weight excluding hydrogens is 346 g/mol. The third kappa shape index (κ3) is 3.50. The Morgan fingerprint density at radius 2 is 1.92 bits per heavy atom. The van der Waals surface area contributed by atoms with Crippen molar-refractivity contribution in [3.8, 4) is 0 Å². The number of hydrogen-bond donors (Lipinski definition) is 2. The van der Waals surface area contributed by atoms with E-state index in [1.807, 2.05) is 32.0 Å². The SMILES string of the molecule is C=CCn1c(=S)[nH]c2cc(C(=O)Nc3cc(C)cc(C)c3)ccc2c1=O. The van der Waals surface area contributed by atoms with Crippen LogP contribution in [0.25, 0.3) is 10.9 Å². The number of anilines is 1. The molecule has 1 heterocycles. The van der Waals surface area contributed by atoms with E-state index in [0.29, 0.717) is 27.8 Å². The van der Waals surface area contributed by atoms with Gasteiger partial charge in [-0.3, -0.25) is 14.2 Å². The maximum Gasteiger partial charge on any atom is 0.262 e. The first kappa shape index (κ1) is 17.8. The molecule has 0 saturated heterocycles. The first-order chi connectivity index (χ1) is 12.4. The molecule has 1 aromatic heterocycles. The zero-order valence-electron chi connectivity index (χ0n) is 14.6. The van der Waals surface area contributed by atoms with Gasteiger partial charge in [0.1, 0.15) is 0 Å². The van der Waals surface area contributed by atoms with Crippen LogP contribution in [0.3, 0.4) is 0 Å². The maximum absolute atomic E-state index is 12.6. The highest BCUT2D eigenvalue weighted by Gasteiger charge is 2.11. The number of benzene rings is 2. The summed E-state index contributed by atoms with van der Waals surface area (Å²) < 4.78 is 1.73. The number of hydrogen-bond acceptors (Lipinski definition) is 3. The molecule has 0 fully saturated rings. The Balaban J connectivity index is 1.99. The van der Waals surface area contributed by atoms with Crippen LogP contribution < -0.4 is 10.9 Å². The molecule has 6 heteroatoms. The molecule has 0 spiro atoms. The molecule has 132 valence electrons. The summed E-state index contributed by atoms with van der Waals surface area (Å²) in [5.74, 6) is -0.244. The van der Waals surface area contributed by atoms with Crippen molar-refractivity contribution in [2.24, 2.45) is 0 Å². The predicted molar refractivity (Wildman–Crippen MR) is 107 cm³/mol. The van der Waals surface area contributed by atoms with Crippen molar-refractivity contribution in [2.75, 3.05) is 5.32 Å². The van der Waals surface area contributed by atoms with E-state index < -0.39 is 0 Å². The lowest BCUT2D eigenvalue weighted by atomic mass is 10.1. The Morgan fingerprint density at radius 1 is 1.23 bits per heavy atom. The second-order valence-corrected chi connectivity index (χ2v) is 6.61. The van der Waals surface area contributed by atoms with Crippen molar-refractivity contribution >= 4 is 34.7 Å². The first-order valence-corrected chi connectivity index (χ1v) is 8.57. The van der Waals surface area contributed by atoms with Gasteiger partial charge in [-0.25, -0.2) is 0 Å². The van der Waals surface area contributed by atoms with Crippen molar-refractivity contribution < 1.29 is 4.79 Å². The van der Waals surface area contributed by atoms with E-state index in [9.17, 15) is 9.59 Å². The van der Waals surface area contributed by atoms with Gasteiger partial charge in [0.15, 0.2) is 4.77 Å². The number of rotatable bonds is 4. The number of nitrogens with zero attached hydrogens (tertiary/aromatic N) is 1. The van der Waals surface area contributed by atoms with Gasteiger partial charge in [0.25, 0.3) is 11.5 Å². The minimum atomic E-state index is -0.244. The van der Waals surface area contributed by atoms with E-state index >= 15 is 0 Å². The fourth-order valence-corrected chi connectivity index (χ4v) is 3.21. The summed E-state index contributed by atoms with van der Waals surface area (Å²) in [7, 11) is 0. The summed E-state index contributed by atoms with van der Waals surface area (Å²) >= 11 is 5.23. The van der Waals surface area contributed by atoms with Gasteiger partial charge in [-0.15, -0.1) is 6.58 Å². The Kier molecular flexibility index (Phi) is 4.86. The number of H-pyrrole nitrogens is 1. The summed E-state index contributed by atoms with van der Waals surface area (Å²) in [4.78, 5) is 28.1. The van der Waals surface area contributed by atoms with Crippen molar-refractivity contribution in [2.45, 2.75) is 20.4 Å². The Labute approximate surface area is 156 Å². The van der Waals surface area contributed by atoms with Crippen LogP contribution in [0.1, 0.15) is 21.5 Å². The number of aryl methyl sites for hydroxylation is 2. The molecule has 26 heavy (non-hydrogen) atoms. The fourth-order valence-electron chi connectivity index (χ4n) is 2.94. The van der Waals surface area contributed by atoms with Crippen molar-refractivity contribution in [1.82, 2.24) is 9.55 Å². The van der Waals surface area contributed by atoms with E-state index in [4.69, 9.17) is 12.2 Å². The third-order valence-corrected chi connectivity index (χ3v) is 4.36. The van der Waals surface area contributed by atoms with Gasteiger partial charge in [-0.05, 0) is 67.5 Å². The summed E-state index contributed by atoms with van der Waals surface area (Å²) in [5, 5.41) is 3.37. The third-order valence-electron chi connectivity index (χ3n) is 4.04. The van der Waals surface area contributed by atoms with Gasteiger partial charge in [-0.1, -0.05) is 12.1 Å². The van der Waals surface area contributed by atoms with E-state index in [0.717, 1.165) is 16.8 Å². The first-order valence-electron chi connectivity index (χ1n) is 8.16. The lowest BCUT2D eigenvalue weighted by Crippen LogP contribution is -2.22. The zero-order valence-corrected chi connectivity index (χ0v) is 15.4. The number of amides is 1. The average molecular weight is 365 g/mol. The largest absolute Gasteiger partial charge is 0.332 e. The topological polar surface area (TPSA) is 66.9 Å². The molecule has 0 aliphatic carbocycles. The molecule has 0 radical (unpaired) electrons. The Bertz CT molecular complexity index is 1120. The van der Waals surface area contributed by atoms with Crippen molar-refractivity contribution in [3.63, 3.8) is 0 Å². The standard InChI is InChI=1S/C20H19N3O2S/c1-4-7-23-19(25)16-6-5-14(11-17(16)22-20(23)26)18(24)21-15-9-12(2)8-13(3)10-15/h4-6,8-11H,1,7H2,2-3H3,(H,21,24)(H,22,26). The van der Waals surface area contributed by atoms with E-state index in [1.165, 1.54) is 4.57 Å². The number of aromatic amines is 1. The number of carbonyl (C=O) groups excluding carboxylic acids is 1. The smallest absolute Gasteiger partial charge is 0.262 e. The Morgan fingerprint density at radius 3 is 2.58 bits per heavy atom. The number of nitrogens with one attached hydrogen (secondary N) is 2. The van der Waals surface area contributed by atoms with Crippen LogP contribution in [0.5, 0.6) is 0 Å². The second-order valence-electron chi connectivity index (χ2n) is 6.23. The summed E-state index contributed by atoms with van der Waals surface area (Å²) in [6, 6.07) is 10.8. The lowest BCUT2D eigenvalue weighted by Gasteiger charge is -2.09. The normalized spacial score (nSPS) is 10.7. The van der Waals surface area contributed by atoms with Crippen LogP contribution in [0.4, 0.5) is 5.69 Å². The number of aromatic nitrogens is 2. The van der Waals surface area contributed by atoms with Crippen LogP contribution in [0, 0.1) is 18.6 Å². The summed E-state index contributed by atoms with van der Waals surface area (Å²) in [6.45, 7) is 7.93. The van der Waals surface area contributed by atoms with Crippen LogP contribution in [0.15, 0.2) is 53.8 Å². The summed E-state index contributed by atoms with van der Waals surface area (Å²) in [5.41, 5.74) is 3.67. The van der Waals surface area contributed by atoms with Gasteiger partial charge in [0, 0.05) is 17.8 Å². The quantitative estimate of drug-likeness (QED) is 0.540. The molecule has 0 bridgehead atoms.